The number of hydrogen-bond acceptors (Lipinski definition) is 4. The van der Waals surface area contributed by atoms with Crippen LogP contribution in [0.2, 0.25) is 0 Å². The quantitative estimate of drug-likeness (QED) is 0.130. The van der Waals surface area contributed by atoms with Gasteiger partial charge >= 0.3 is 0 Å². The van der Waals surface area contributed by atoms with E-state index in [1.807, 2.05) is 30.5 Å². The first kappa shape index (κ1) is 52.3. The zero-order valence-electron chi connectivity index (χ0n) is 46.5. The van der Waals surface area contributed by atoms with Gasteiger partial charge in [0.2, 0.25) is 0 Å². The summed E-state index contributed by atoms with van der Waals surface area (Å²) < 4.78 is 0. The minimum atomic E-state index is 0.829. The van der Waals surface area contributed by atoms with E-state index < -0.39 is 0 Å². The van der Waals surface area contributed by atoms with Crippen molar-refractivity contribution in [2.45, 2.75) is 27.7 Å². The molecule has 4 nitrogen and oxygen atoms in total. The Bertz CT molecular complexity index is 4080. The lowest BCUT2D eigenvalue weighted by atomic mass is 9.96. The topological polar surface area (TPSA) is 51.6 Å². The Hall–Kier alpha value is -10.4. The molecule has 0 bridgehead atoms. The van der Waals surface area contributed by atoms with E-state index >= 15 is 0 Å². The third kappa shape index (κ3) is 12.1. The molecule has 82 heavy (non-hydrogen) atoms. The van der Waals surface area contributed by atoms with Gasteiger partial charge in [-0.1, -0.05) is 241 Å². The van der Waals surface area contributed by atoms with E-state index in [1.165, 1.54) is 50.1 Å². The van der Waals surface area contributed by atoms with Crippen LogP contribution in [0.1, 0.15) is 22.3 Å². The van der Waals surface area contributed by atoms with Gasteiger partial charge in [0.05, 0.1) is 39.9 Å². The zero-order valence-corrected chi connectivity index (χ0v) is 46.5. The summed E-state index contributed by atoms with van der Waals surface area (Å²) in [6.45, 7) is 8.53. The monoisotopic (exact) mass is 1050 g/mol. The van der Waals surface area contributed by atoms with Crippen LogP contribution in [0.4, 0.5) is 0 Å². The van der Waals surface area contributed by atoms with Crippen molar-refractivity contribution in [2.24, 2.45) is 0 Å². The molecule has 4 heteroatoms. The van der Waals surface area contributed by atoms with E-state index in [2.05, 4.69) is 294 Å². The number of pyridine rings is 4. The van der Waals surface area contributed by atoms with Gasteiger partial charge in [0.25, 0.3) is 0 Å². The lowest BCUT2D eigenvalue weighted by Gasteiger charge is -2.14. The number of nitrogens with zero attached hydrogens (tertiary/aromatic N) is 4. The molecule has 13 rings (SSSR count). The summed E-state index contributed by atoms with van der Waals surface area (Å²) in [4.78, 5) is 20.2. The van der Waals surface area contributed by atoms with E-state index in [1.54, 1.807) is 0 Å². The number of hydrogen-bond donors (Lipinski definition) is 0. The molecule has 0 N–H and O–H groups in total. The average Bonchev–Trinajstić information content (AvgIpc) is 3.55. The summed E-state index contributed by atoms with van der Waals surface area (Å²) in [5.74, 6) is 0. The standard InChI is InChI=1S/C48H36N2.C30H24N2/c1-33-19-23-37(24-20-33)39-15-9-17-41(27-39)45-29-43(35-11-5-3-6-12-35)31-47(49-45)48-32-44(36-13-7-4-8-14-36)30-46(50-48)42-18-10-16-40(28-42)38-25-21-34(2)22-26-38;1-21-11-12-22(2)27(18-21)24-13-15-25(16-14-24)29-19-26(23-8-4-3-5-9-23)20-30(32-29)28-10-6-7-17-31-28/h3-32H,1-2H3;3-20H,1-2H3. The molecule has 0 spiro atoms. The van der Waals surface area contributed by atoms with Gasteiger partial charge in [-0.2, -0.15) is 0 Å². The van der Waals surface area contributed by atoms with Gasteiger partial charge in [0, 0.05) is 22.9 Å². The van der Waals surface area contributed by atoms with Crippen molar-refractivity contribution in [1.29, 1.82) is 0 Å². The zero-order chi connectivity index (χ0) is 55.8. The van der Waals surface area contributed by atoms with Crippen LogP contribution in [0.25, 0.3) is 123 Å². The first-order chi connectivity index (χ1) is 40.2. The Kier molecular flexibility index (Phi) is 15.2. The van der Waals surface area contributed by atoms with Crippen molar-refractivity contribution in [3.63, 3.8) is 0 Å². The van der Waals surface area contributed by atoms with E-state index in [9.17, 15) is 0 Å². The van der Waals surface area contributed by atoms with Crippen molar-refractivity contribution in [3.8, 4) is 123 Å². The highest BCUT2D eigenvalue weighted by Crippen LogP contribution is 2.37. The highest BCUT2D eigenvalue weighted by molar-refractivity contribution is 5.83. The summed E-state index contributed by atoms with van der Waals surface area (Å²) in [5, 5.41) is 0. The maximum absolute atomic E-state index is 5.33. The second-order valence-corrected chi connectivity index (χ2v) is 21.0. The van der Waals surface area contributed by atoms with E-state index in [0.717, 1.165) is 95.5 Å². The Morgan fingerprint density at radius 3 is 0.976 bits per heavy atom. The van der Waals surface area contributed by atoms with Crippen LogP contribution in [-0.4, -0.2) is 19.9 Å². The van der Waals surface area contributed by atoms with Crippen LogP contribution in [0.5, 0.6) is 0 Å². The molecule has 0 aliphatic rings. The molecule has 0 unspecified atom stereocenters. The van der Waals surface area contributed by atoms with Gasteiger partial charge in [-0.25, -0.2) is 15.0 Å². The summed E-state index contributed by atoms with van der Waals surface area (Å²) in [5.41, 5.74) is 28.4. The van der Waals surface area contributed by atoms with Gasteiger partial charge in [0.15, 0.2) is 0 Å². The fourth-order valence-corrected chi connectivity index (χ4v) is 10.4. The van der Waals surface area contributed by atoms with Crippen molar-refractivity contribution >= 4 is 0 Å². The molecule has 4 aromatic heterocycles. The predicted molar refractivity (Wildman–Crippen MR) is 343 cm³/mol. The molecule has 9 aromatic carbocycles. The normalized spacial score (nSPS) is 10.9. The second kappa shape index (κ2) is 23.9. The van der Waals surface area contributed by atoms with Crippen molar-refractivity contribution < 1.29 is 0 Å². The van der Waals surface area contributed by atoms with Gasteiger partial charge in [-0.3, -0.25) is 4.98 Å². The highest BCUT2D eigenvalue weighted by Gasteiger charge is 2.16. The summed E-state index contributed by atoms with van der Waals surface area (Å²) in [6, 6.07) is 100. The molecule has 0 fully saturated rings. The van der Waals surface area contributed by atoms with Crippen LogP contribution >= 0.6 is 0 Å². The molecule has 0 aliphatic heterocycles. The fourth-order valence-electron chi connectivity index (χ4n) is 10.4. The summed E-state index contributed by atoms with van der Waals surface area (Å²) in [7, 11) is 0. The van der Waals surface area contributed by atoms with Crippen molar-refractivity contribution in [3.05, 3.63) is 314 Å². The van der Waals surface area contributed by atoms with Crippen LogP contribution in [0, 0.1) is 27.7 Å². The average molecular weight is 1050 g/mol. The fraction of sp³-hybridized carbons (Fsp3) is 0.0513. The first-order valence-corrected chi connectivity index (χ1v) is 27.9. The van der Waals surface area contributed by atoms with E-state index in [0.29, 0.717) is 0 Å². The van der Waals surface area contributed by atoms with Crippen LogP contribution in [-0.2, 0) is 0 Å². The molecule has 0 saturated heterocycles. The third-order valence-electron chi connectivity index (χ3n) is 15.0. The summed E-state index contributed by atoms with van der Waals surface area (Å²) >= 11 is 0. The van der Waals surface area contributed by atoms with Crippen LogP contribution < -0.4 is 0 Å². The van der Waals surface area contributed by atoms with Gasteiger partial charge in [-0.15, -0.1) is 0 Å². The van der Waals surface area contributed by atoms with Gasteiger partial charge in [-0.05, 0) is 161 Å². The minimum absolute atomic E-state index is 0.829. The van der Waals surface area contributed by atoms with Gasteiger partial charge < -0.3 is 0 Å². The summed E-state index contributed by atoms with van der Waals surface area (Å²) in [6.07, 6.45) is 1.81. The molecule has 4 heterocycles. The maximum atomic E-state index is 5.33. The SMILES string of the molecule is Cc1ccc(-c2cccc(-c3cc(-c4ccccc4)cc(-c4cc(-c5ccccc5)cc(-c5cccc(-c6ccc(C)cc6)c5)n4)n3)c2)cc1.Cc1ccc(C)c(-c2ccc(-c3cc(-c4ccccc4)cc(-c4ccccn4)n3)cc2)c1. The van der Waals surface area contributed by atoms with E-state index in [4.69, 9.17) is 15.0 Å². The molecule has 13 aromatic rings. The smallest absolute Gasteiger partial charge is 0.0900 e. The molecule has 392 valence electrons. The Balaban J connectivity index is 0.000000179. The second-order valence-electron chi connectivity index (χ2n) is 21.0. The highest BCUT2D eigenvalue weighted by atomic mass is 14.8. The van der Waals surface area contributed by atoms with Crippen molar-refractivity contribution in [2.75, 3.05) is 0 Å². The number of aromatic nitrogens is 4. The first-order valence-electron chi connectivity index (χ1n) is 27.9. The molecular formula is C78H60N4. The molecule has 0 aliphatic carbocycles. The Morgan fingerprint density at radius 1 is 0.195 bits per heavy atom. The van der Waals surface area contributed by atoms with Crippen LogP contribution in [0.3, 0.4) is 0 Å². The minimum Gasteiger partial charge on any atom is -0.255 e. The number of benzene rings is 9. The lowest BCUT2D eigenvalue weighted by molar-refractivity contribution is 1.25. The molecular weight excluding hydrogens is 993 g/mol. The molecule has 0 amide bonds. The predicted octanol–water partition coefficient (Wildman–Crippen LogP) is 20.5. The number of aryl methyl sites for hydroxylation is 4. The largest absolute Gasteiger partial charge is 0.255 e. The number of rotatable bonds is 11. The lowest BCUT2D eigenvalue weighted by Crippen LogP contribution is -1.96. The third-order valence-corrected chi connectivity index (χ3v) is 15.0. The Morgan fingerprint density at radius 2 is 0.537 bits per heavy atom. The van der Waals surface area contributed by atoms with Crippen LogP contribution in [0.15, 0.2) is 291 Å². The van der Waals surface area contributed by atoms with Gasteiger partial charge in [0.1, 0.15) is 0 Å². The van der Waals surface area contributed by atoms with Crippen molar-refractivity contribution in [1.82, 2.24) is 19.9 Å². The molecule has 0 saturated carbocycles. The molecule has 0 radical (unpaired) electrons. The molecule has 0 atom stereocenters. The Labute approximate surface area is 481 Å². The van der Waals surface area contributed by atoms with E-state index in [-0.39, 0.29) is 0 Å². The maximum Gasteiger partial charge on any atom is 0.0900 e.